The van der Waals surface area contributed by atoms with E-state index in [1.165, 1.54) is 250 Å². The van der Waals surface area contributed by atoms with Gasteiger partial charge in [0, 0.05) is 6.42 Å². The molecule has 0 aromatic rings. The second-order valence-corrected chi connectivity index (χ2v) is 23.8. The Morgan fingerprint density at radius 3 is 1.13 bits per heavy atom. The van der Waals surface area contributed by atoms with Crippen LogP contribution in [0.5, 0.6) is 0 Å². The fraction of sp³-hybridized carbons (Fsp3) is 0.950. The number of aliphatic hydroxyl groups is 1. The fourth-order valence-electron chi connectivity index (χ4n) is 9.45. The van der Waals surface area contributed by atoms with Gasteiger partial charge in [-0.05, 0) is 38.5 Å². The Bertz CT molecular complexity index is 1130. The van der Waals surface area contributed by atoms with Crippen LogP contribution in [-0.2, 0) is 18.4 Å². The Morgan fingerprint density at radius 2 is 0.797 bits per heavy atom. The van der Waals surface area contributed by atoms with E-state index < -0.39 is 20.0 Å². The highest BCUT2D eigenvalue weighted by atomic mass is 31.2. The van der Waals surface area contributed by atoms with Gasteiger partial charge in [0.15, 0.2) is 0 Å². The van der Waals surface area contributed by atoms with Crippen molar-refractivity contribution < 1.29 is 32.9 Å². The van der Waals surface area contributed by atoms with E-state index in [9.17, 15) is 19.4 Å². The van der Waals surface area contributed by atoms with Gasteiger partial charge in [-0.15, -0.1) is 0 Å². The van der Waals surface area contributed by atoms with E-state index in [2.05, 4.69) is 31.3 Å². The van der Waals surface area contributed by atoms with E-state index in [0.29, 0.717) is 23.9 Å². The van der Waals surface area contributed by atoms with Crippen LogP contribution in [0.3, 0.4) is 0 Å². The summed E-state index contributed by atoms with van der Waals surface area (Å²) in [5, 5.41) is 14.0. The Balaban J connectivity index is 4.10. The van der Waals surface area contributed by atoms with Crippen LogP contribution >= 0.6 is 7.82 Å². The van der Waals surface area contributed by atoms with Crippen LogP contribution in [-0.4, -0.2) is 68.5 Å². The van der Waals surface area contributed by atoms with Crippen LogP contribution in [0.15, 0.2) is 12.2 Å². The molecule has 0 aliphatic carbocycles. The summed E-state index contributed by atoms with van der Waals surface area (Å²) in [5.41, 5.74) is 0. The van der Waals surface area contributed by atoms with Crippen LogP contribution in [0.4, 0.5) is 0 Å². The second-order valence-electron chi connectivity index (χ2n) is 22.4. The normalized spacial score (nSPS) is 13.9. The number of quaternary nitrogens is 1. The van der Waals surface area contributed by atoms with Crippen molar-refractivity contribution in [3.63, 3.8) is 0 Å². The molecule has 0 heterocycles. The first kappa shape index (κ1) is 68.2. The smallest absolute Gasteiger partial charge is 0.268 e. The van der Waals surface area contributed by atoms with Gasteiger partial charge in [-0.3, -0.25) is 9.36 Å². The molecule has 0 rings (SSSR count). The number of amides is 1. The zero-order valence-electron chi connectivity index (χ0n) is 47.0. The molecule has 2 N–H and O–H groups in total. The van der Waals surface area contributed by atoms with Gasteiger partial charge in [0.2, 0.25) is 5.91 Å². The molecule has 9 heteroatoms. The number of hydrogen-bond donors (Lipinski definition) is 2. The molecule has 0 saturated carbocycles. The molecule has 0 aliphatic heterocycles. The zero-order chi connectivity index (χ0) is 50.6. The first-order valence-corrected chi connectivity index (χ1v) is 32.0. The first-order valence-electron chi connectivity index (χ1n) is 30.5. The average Bonchev–Trinajstić information content (AvgIpc) is 3.31. The topological polar surface area (TPSA) is 108 Å². The molecule has 0 radical (unpaired) electrons. The summed E-state index contributed by atoms with van der Waals surface area (Å²) in [7, 11) is 1.32. The lowest BCUT2D eigenvalue weighted by Crippen LogP contribution is -2.46. The Hall–Kier alpha value is -0.760. The van der Waals surface area contributed by atoms with Gasteiger partial charge in [-0.2, -0.15) is 0 Å². The van der Waals surface area contributed by atoms with E-state index in [-0.39, 0.29) is 19.1 Å². The summed E-state index contributed by atoms with van der Waals surface area (Å²) in [6.45, 7) is 4.78. The van der Waals surface area contributed by atoms with Gasteiger partial charge in [0.1, 0.15) is 13.2 Å². The van der Waals surface area contributed by atoms with Gasteiger partial charge in [0.05, 0.1) is 39.9 Å². The number of carbonyl (C=O) groups is 1. The number of hydrogen-bond acceptors (Lipinski definition) is 6. The van der Waals surface area contributed by atoms with Crippen molar-refractivity contribution in [2.75, 3.05) is 40.9 Å². The third-order valence-corrected chi connectivity index (χ3v) is 15.2. The number of phosphoric ester groups is 1. The highest BCUT2D eigenvalue weighted by molar-refractivity contribution is 7.45. The number of aliphatic hydroxyl groups excluding tert-OH is 1. The Labute approximate surface area is 431 Å². The minimum atomic E-state index is -4.57. The van der Waals surface area contributed by atoms with Crippen molar-refractivity contribution in [3.8, 4) is 0 Å². The molecule has 412 valence electrons. The van der Waals surface area contributed by atoms with Crippen molar-refractivity contribution in [1.29, 1.82) is 0 Å². The predicted octanol–water partition coefficient (Wildman–Crippen LogP) is 18.0. The summed E-state index contributed by atoms with van der Waals surface area (Å²) in [4.78, 5) is 25.6. The van der Waals surface area contributed by atoms with Crippen molar-refractivity contribution in [1.82, 2.24) is 5.32 Å². The number of carbonyl (C=O) groups excluding carboxylic acids is 1. The second kappa shape index (κ2) is 52.1. The summed E-state index contributed by atoms with van der Waals surface area (Å²) < 4.78 is 23.5. The van der Waals surface area contributed by atoms with Crippen LogP contribution in [0.1, 0.15) is 316 Å². The average molecular weight is 998 g/mol. The summed E-state index contributed by atoms with van der Waals surface area (Å²) in [6, 6.07) is -0.799. The maximum absolute atomic E-state index is 13.0. The lowest BCUT2D eigenvalue weighted by atomic mass is 10.0. The van der Waals surface area contributed by atoms with E-state index in [1.807, 2.05) is 21.1 Å². The number of unbranched alkanes of at least 4 members (excludes halogenated alkanes) is 42. The molecule has 0 spiro atoms. The largest absolute Gasteiger partial charge is 0.756 e. The molecule has 8 nitrogen and oxygen atoms in total. The number of likely N-dealkylation sites (N-methyl/N-ethyl adjacent to an activating group) is 1. The van der Waals surface area contributed by atoms with Gasteiger partial charge in [-0.1, -0.05) is 283 Å². The lowest BCUT2D eigenvalue weighted by Gasteiger charge is -2.30. The van der Waals surface area contributed by atoms with Crippen molar-refractivity contribution in [2.45, 2.75) is 328 Å². The van der Waals surface area contributed by atoms with Gasteiger partial charge in [0.25, 0.3) is 7.82 Å². The van der Waals surface area contributed by atoms with Crippen molar-refractivity contribution in [3.05, 3.63) is 12.2 Å². The summed E-state index contributed by atoms with van der Waals surface area (Å²) in [6.07, 6.45) is 63.9. The molecule has 0 aromatic heterocycles. The molecule has 0 aromatic carbocycles. The molecule has 0 aliphatic rings. The monoisotopic (exact) mass is 997 g/mol. The molecule has 0 saturated heterocycles. The maximum Gasteiger partial charge on any atom is 0.268 e. The molecule has 3 atom stereocenters. The molecular weight excluding hydrogens is 876 g/mol. The van der Waals surface area contributed by atoms with Crippen LogP contribution in [0, 0.1) is 0 Å². The quantitative estimate of drug-likeness (QED) is 0.0272. The molecule has 0 bridgehead atoms. The zero-order valence-corrected chi connectivity index (χ0v) is 47.9. The maximum atomic E-state index is 13.0. The minimum absolute atomic E-state index is 0.0146. The Morgan fingerprint density at radius 1 is 0.493 bits per heavy atom. The van der Waals surface area contributed by atoms with E-state index in [1.54, 1.807) is 0 Å². The first-order chi connectivity index (χ1) is 33.5. The van der Waals surface area contributed by atoms with Gasteiger partial charge >= 0.3 is 0 Å². The summed E-state index contributed by atoms with van der Waals surface area (Å²) >= 11 is 0. The number of allylic oxidation sites excluding steroid dienone is 2. The fourth-order valence-corrected chi connectivity index (χ4v) is 10.2. The van der Waals surface area contributed by atoms with E-state index in [0.717, 1.165) is 38.5 Å². The molecule has 3 unspecified atom stereocenters. The van der Waals surface area contributed by atoms with Gasteiger partial charge < -0.3 is 28.8 Å². The third-order valence-electron chi connectivity index (χ3n) is 14.3. The SMILES string of the molecule is CCCCCCCCCCCCCC/C=C\CCCCCCCCCCCCC(=O)NC(COP(=O)([O-])OCC[N+](C)(C)C)C(O)CCCCCCCCCCCCCCCCCCCCCCC. The number of nitrogens with zero attached hydrogens (tertiary/aromatic N) is 1. The number of nitrogens with one attached hydrogen (secondary N) is 1. The van der Waals surface area contributed by atoms with Crippen LogP contribution in [0.2, 0.25) is 0 Å². The van der Waals surface area contributed by atoms with E-state index in [4.69, 9.17) is 9.05 Å². The molecular formula is C60H121N2O6P. The molecule has 1 amide bonds. The number of phosphoric acid groups is 1. The van der Waals surface area contributed by atoms with Gasteiger partial charge in [-0.25, -0.2) is 0 Å². The predicted molar refractivity (Wildman–Crippen MR) is 298 cm³/mol. The van der Waals surface area contributed by atoms with E-state index >= 15 is 0 Å². The van der Waals surface area contributed by atoms with Crippen molar-refractivity contribution in [2.24, 2.45) is 0 Å². The summed E-state index contributed by atoms with van der Waals surface area (Å²) in [5.74, 6) is -0.160. The third kappa shape index (κ3) is 54.8. The molecule has 0 fully saturated rings. The lowest BCUT2D eigenvalue weighted by molar-refractivity contribution is -0.870. The number of rotatable bonds is 57. The standard InChI is InChI=1S/C60H121N2O6P/c1-6-8-10-12-14-16-18-20-22-24-26-28-29-30-31-32-34-36-38-40-42-44-46-48-50-52-54-60(64)61-58(57-68-69(65,66)67-56-55-62(3,4)5)59(63)53-51-49-47-45-43-41-39-37-35-33-27-25-23-21-19-17-15-13-11-9-7-2/h30-31,58-59,63H,6-29,32-57H2,1-5H3,(H-,61,64,65,66)/b31-30-. The van der Waals surface area contributed by atoms with Crippen LogP contribution < -0.4 is 10.2 Å². The minimum Gasteiger partial charge on any atom is -0.756 e. The molecule has 69 heavy (non-hydrogen) atoms. The Kier molecular flexibility index (Phi) is 51.5. The van der Waals surface area contributed by atoms with Crippen molar-refractivity contribution >= 4 is 13.7 Å². The highest BCUT2D eigenvalue weighted by Crippen LogP contribution is 2.38. The highest BCUT2D eigenvalue weighted by Gasteiger charge is 2.24. The van der Waals surface area contributed by atoms with Crippen LogP contribution in [0.25, 0.3) is 0 Å².